The molecule has 0 unspecified atom stereocenters. The Bertz CT molecular complexity index is 596. The second-order valence-electron chi connectivity index (χ2n) is 5.29. The molecule has 0 bridgehead atoms. The van der Waals surface area contributed by atoms with Gasteiger partial charge in [0.15, 0.2) is 0 Å². The summed E-state index contributed by atoms with van der Waals surface area (Å²) in [6, 6.07) is 7.94. The normalized spacial score (nSPS) is 9.96. The largest absolute Gasteiger partial charge is 0.330 e. The summed E-state index contributed by atoms with van der Waals surface area (Å²) in [6.45, 7) is 2.16. The van der Waals surface area contributed by atoms with Crippen LogP contribution in [0.1, 0.15) is 24.1 Å². The van der Waals surface area contributed by atoms with Crippen molar-refractivity contribution in [3.63, 3.8) is 0 Å². The van der Waals surface area contributed by atoms with Crippen molar-refractivity contribution < 1.29 is 4.79 Å². The third-order valence-corrected chi connectivity index (χ3v) is 3.82. The molecule has 8 heteroatoms. The van der Waals surface area contributed by atoms with Crippen molar-refractivity contribution in [1.82, 2.24) is 9.88 Å². The molecule has 0 radical (unpaired) electrons. The molecule has 1 aromatic carbocycles. The molecule has 1 amide bonds. The third kappa shape index (κ3) is 8.08. The first-order chi connectivity index (χ1) is 10.7. The van der Waals surface area contributed by atoms with Crippen molar-refractivity contribution in [3.8, 4) is 0 Å². The molecule has 24 heavy (non-hydrogen) atoms. The van der Waals surface area contributed by atoms with Gasteiger partial charge in [0.25, 0.3) is 0 Å². The molecule has 0 aliphatic heterocycles. The summed E-state index contributed by atoms with van der Waals surface area (Å²) in [4.78, 5) is 18.2. The number of carbonyl (C=O) groups is 1. The molecule has 0 fully saturated rings. The van der Waals surface area contributed by atoms with Gasteiger partial charge >= 0.3 is 0 Å². The van der Waals surface area contributed by atoms with E-state index in [9.17, 15) is 4.79 Å². The van der Waals surface area contributed by atoms with E-state index in [4.69, 9.17) is 5.73 Å². The van der Waals surface area contributed by atoms with Gasteiger partial charge in [-0.2, -0.15) is 0 Å². The van der Waals surface area contributed by atoms with Crippen LogP contribution in [0.25, 0.3) is 0 Å². The summed E-state index contributed by atoms with van der Waals surface area (Å²) in [6.07, 6.45) is 1.17. The van der Waals surface area contributed by atoms with Crippen molar-refractivity contribution in [2.45, 2.75) is 25.9 Å². The fourth-order valence-electron chi connectivity index (χ4n) is 2.19. The molecule has 5 nitrogen and oxygen atoms in total. The molecule has 0 saturated carbocycles. The van der Waals surface area contributed by atoms with Gasteiger partial charge < -0.3 is 11.1 Å². The van der Waals surface area contributed by atoms with Gasteiger partial charge in [0.2, 0.25) is 5.91 Å². The van der Waals surface area contributed by atoms with Crippen molar-refractivity contribution in [2.24, 2.45) is 5.73 Å². The number of amides is 1. The molecular formula is C16H24Cl2N4OS. The molecule has 0 atom stereocenters. The van der Waals surface area contributed by atoms with E-state index >= 15 is 0 Å². The Morgan fingerprint density at radius 2 is 2.12 bits per heavy atom. The van der Waals surface area contributed by atoms with E-state index in [-0.39, 0.29) is 30.7 Å². The van der Waals surface area contributed by atoms with Crippen molar-refractivity contribution in [2.75, 3.05) is 18.9 Å². The minimum absolute atomic E-state index is 0. The summed E-state index contributed by atoms with van der Waals surface area (Å²) >= 11 is 1.61. The number of nitrogens with one attached hydrogen (secondary N) is 1. The molecule has 0 saturated heterocycles. The van der Waals surface area contributed by atoms with E-state index in [0.29, 0.717) is 19.4 Å². The lowest BCUT2D eigenvalue weighted by molar-refractivity contribution is -0.116. The van der Waals surface area contributed by atoms with Crippen LogP contribution in [0.5, 0.6) is 0 Å². The predicted octanol–water partition coefficient (Wildman–Crippen LogP) is 3.30. The van der Waals surface area contributed by atoms with Crippen molar-refractivity contribution in [1.29, 1.82) is 0 Å². The fourth-order valence-corrected chi connectivity index (χ4v) is 2.74. The Balaban J connectivity index is 0.00000264. The van der Waals surface area contributed by atoms with Crippen LogP contribution in [-0.4, -0.2) is 29.4 Å². The first-order valence-corrected chi connectivity index (χ1v) is 8.26. The highest BCUT2D eigenvalue weighted by atomic mass is 35.5. The van der Waals surface area contributed by atoms with Crippen molar-refractivity contribution >= 4 is 47.7 Å². The predicted molar refractivity (Wildman–Crippen MR) is 105 cm³/mol. The van der Waals surface area contributed by atoms with E-state index < -0.39 is 0 Å². The van der Waals surface area contributed by atoms with Gasteiger partial charge in [-0.05, 0) is 37.7 Å². The van der Waals surface area contributed by atoms with Crippen LogP contribution in [0.2, 0.25) is 0 Å². The highest BCUT2D eigenvalue weighted by Gasteiger charge is 2.06. The number of nitrogens with two attached hydrogens (primary N) is 1. The molecule has 3 N–H and O–H groups in total. The number of hydrogen-bond donors (Lipinski definition) is 2. The number of hydrogen-bond acceptors (Lipinski definition) is 5. The van der Waals surface area contributed by atoms with Crippen LogP contribution < -0.4 is 11.1 Å². The van der Waals surface area contributed by atoms with Gasteiger partial charge in [-0.1, -0.05) is 12.1 Å². The molecule has 0 aliphatic carbocycles. The van der Waals surface area contributed by atoms with Crippen LogP contribution in [0, 0.1) is 0 Å². The topological polar surface area (TPSA) is 71.2 Å². The number of nitrogens with zero attached hydrogens (tertiary/aromatic N) is 2. The van der Waals surface area contributed by atoms with Gasteiger partial charge in [-0.25, -0.2) is 4.98 Å². The fraction of sp³-hybridized carbons (Fsp3) is 0.375. The molecule has 2 aromatic rings. The van der Waals surface area contributed by atoms with Gasteiger partial charge in [-0.15, -0.1) is 36.2 Å². The minimum Gasteiger partial charge on any atom is -0.330 e. The lowest BCUT2D eigenvalue weighted by Crippen LogP contribution is -2.18. The second-order valence-corrected chi connectivity index (χ2v) is 6.01. The Morgan fingerprint density at radius 3 is 2.79 bits per heavy atom. The lowest BCUT2D eigenvalue weighted by atomic mass is 10.2. The van der Waals surface area contributed by atoms with Gasteiger partial charge in [0, 0.05) is 30.6 Å². The monoisotopic (exact) mass is 390 g/mol. The average Bonchev–Trinajstić information content (AvgIpc) is 2.98. The number of carbonyl (C=O) groups excluding carboxylic acids is 1. The van der Waals surface area contributed by atoms with E-state index in [1.165, 1.54) is 0 Å². The second kappa shape index (κ2) is 12.2. The smallest absolute Gasteiger partial charge is 0.224 e. The van der Waals surface area contributed by atoms with Crippen LogP contribution in [0.3, 0.4) is 0 Å². The van der Waals surface area contributed by atoms with Crippen LogP contribution in [0.15, 0.2) is 35.2 Å². The number of aromatic nitrogens is 1. The zero-order chi connectivity index (χ0) is 15.8. The summed E-state index contributed by atoms with van der Waals surface area (Å²) in [7, 11) is 2.06. The number of halogens is 2. The molecule has 0 spiro atoms. The first-order valence-electron chi connectivity index (χ1n) is 7.32. The number of anilines is 1. The van der Waals surface area contributed by atoms with Gasteiger partial charge in [0.1, 0.15) is 0 Å². The van der Waals surface area contributed by atoms with E-state index in [0.717, 1.165) is 30.0 Å². The zero-order valence-corrected chi connectivity index (χ0v) is 16.1. The first kappa shape index (κ1) is 22.8. The van der Waals surface area contributed by atoms with E-state index in [1.54, 1.807) is 11.3 Å². The Hall–Kier alpha value is -1.18. The molecule has 0 aliphatic rings. The average molecular weight is 391 g/mol. The maximum atomic E-state index is 11.7. The standard InChI is InChI=1S/C16H22N4OS.2ClH/c1-20(10-15-11-22-12-18-15)9-13-4-2-5-14(8-13)19-16(21)6-3-7-17;;/h2,4-5,8,11-12H,3,6-7,9-10,17H2,1H3,(H,19,21);2*1H. The summed E-state index contributed by atoms with van der Waals surface area (Å²) in [5.41, 5.74) is 10.3. The summed E-state index contributed by atoms with van der Waals surface area (Å²) < 4.78 is 0. The Morgan fingerprint density at radius 1 is 1.33 bits per heavy atom. The van der Waals surface area contributed by atoms with Crippen molar-refractivity contribution in [3.05, 3.63) is 46.4 Å². The minimum atomic E-state index is 0. The maximum absolute atomic E-state index is 11.7. The van der Waals surface area contributed by atoms with Crippen LogP contribution in [-0.2, 0) is 17.9 Å². The summed E-state index contributed by atoms with van der Waals surface area (Å²) in [5.74, 6) is 0.0124. The number of benzene rings is 1. The molecule has 1 aromatic heterocycles. The summed E-state index contributed by atoms with van der Waals surface area (Å²) in [5, 5.41) is 4.97. The number of thiazole rings is 1. The van der Waals surface area contributed by atoms with Crippen LogP contribution in [0.4, 0.5) is 5.69 Å². The third-order valence-electron chi connectivity index (χ3n) is 3.19. The zero-order valence-electron chi connectivity index (χ0n) is 13.6. The quantitative estimate of drug-likeness (QED) is 0.725. The maximum Gasteiger partial charge on any atom is 0.224 e. The SMILES string of the molecule is CN(Cc1cccc(NC(=O)CCCN)c1)Cc1cscn1.Cl.Cl. The molecule has 1 heterocycles. The highest BCUT2D eigenvalue weighted by Crippen LogP contribution is 2.14. The number of rotatable bonds is 8. The molecule has 2 rings (SSSR count). The lowest BCUT2D eigenvalue weighted by Gasteiger charge is -2.16. The Kier molecular flexibility index (Phi) is 11.6. The molecular weight excluding hydrogens is 367 g/mol. The van der Waals surface area contributed by atoms with Gasteiger partial charge in [-0.3, -0.25) is 9.69 Å². The van der Waals surface area contributed by atoms with Crippen LogP contribution >= 0.6 is 36.2 Å². The van der Waals surface area contributed by atoms with Gasteiger partial charge in [0.05, 0.1) is 11.2 Å². The molecule has 134 valence electrons. The van der Waals surface area contributed by atoms with E-state index in [2.05, 4.69) is 33.7 Å². The van der Waals surface area contributed by atoms with E-state index in [1.807, 2.05) is 23.7 Å². The Labute approximate surface area is 159 Å². The highest BCUT2D eigenvalue weighted by molar-refractivity contribution is 7.07.